The number of benzene rings is 1. The maximum Gasteiger partial charge on any atom is 0.310 e. The first kappa shape index (κ1) is 29.7. The van der Waals surface area contributed by atoms with E-state index in [1.807, 2.05) is 19.9 Å². The summed E-state index contributed by atoms with van der Waals surface area (Å²) in [5, 5.41) is 10.9. The molecule has 0 aromatic heterocycles. The first-order valence-corrected chi connectivity index (χ1v) is 15.0. The lowest BCUT2D eigenvalue weighted by Gasteiger charge is -2.40. The fourth-order valence-corrected chi connectivity index (χ4v) is 8.81. The molecule has 0 aliphatic carbocycles. The van der Waals surface area contributed by atoms with Gasteiger partial charge in [-0.1, -0.05) is 37.6 Å². The summed E-state index contributed by atoms with van der Waals surface area (Å²) in [6, 6.07) is 5.61. The molecule has 2 unspecified atom stereocenters. The largest absolute Gasteiger partial charge is 0.465 e. The van der Waals surface area contributed by atoms with Crippen LogP contribution in [-0.4, -0.2) is 69.6 Å². The molecule has 7 nitrogen and oxygen atoms in total. The highest BCUT2D eigenvalue weighted by molar-refractivity contribution is 8.02. The van der Waals surface area contributed by atoms with E-state index in [0.717, 1.165) is 25.7 Å². The van der Waals surface area contributed by atoms with Crippen molar-refractivity contribution >= 4 is 46.8 Å². The van der Waals surface area contributed by atoms with Crippen LogP contribution in [0.4, 0.5) is 5.69 Å². The van der Waals surface area contributed by atoms with Crippen molar-refractivity contribution in [1.29, 1.82) is 0 Å². The highest BCUT2D eigenvalue weighted by atomic mass is 35.5. The summed E-state index contributed by atoms with van der Waals surface area (Å²) in [5.74, 6) is -2.20. The average molecular weight is 575 g/mol. The number of thioether (sulfide) groups is 1. The zero-order valence-corrected chi connectivity index (χ0v) is 24.3. The molecular weight excluding hydrogens is 536 g/mol. The number of likely N-dealkylation sites (tertiary alicyclic amines) is 1. The lowest BCUT2D eigenvalue weighted by molar-refractivity contribution is -0.154. The number of amides is 2. The second kappa shape index (κ2) is 12.5. The third-order valence-corrected chi connectivity index (χ3v) is 10.5. The molecular formula is C30H39ClN2O5S. The molecule has 39 heavy (non-hydrogen) atoms. The Kier molecular flexibility index (Phi) is 9.50. The van der Waals surface area contributed by atoms with Crippen molar-refractivity contribution in [3.8, 4) is 0 Å². The average Bonchev–Trinajstić information content (AvgIpc) is 3.55. The predicted octanol–water partition coefficient (Wildman–Crippen LogP) is 4.87. The number of rotatable bonds is 13. The molecule has 0 radical (unpaired) electrons. The first-order chi connectivity index (χ1) is 18.7. The van der Waals surface area contributed by atoms with Crippen LogP contribution in [0.1, 0.15) is 46.0 Å². The molecule has 3 aliphatic rings. The number of carbonyl (C=O) groups excluding carboxylic acids is 3. The molecule has 2 amide bonds. The number of esters is 1. The number of halogens is 1. The molecule has 1 aromatic rings. The topological polar surface area (TPSA) is 87.2 Å². The number of unbranched alkanes of at least 4 members (excludes halogenated alkanes) is 2. The second-order valence-corrected chi connectivity index (χ2v) is 13.0. The van der Waals surface area contributed by atoms with Crippen LogP contribution >= 0.6 is 23.4 Å². The minimum Gasteiger partial charge on any atom is -0.465 e. The molecule has 4 rings (SSSR count). The predicted molar refractivity (Wildman–Crippen MR) is 156 cm³/mol. The molecule has 3 fully saturated rings. The molecule has 212 valence electrons. The zero-order valence-electron chi connectivity index (χ0n) is 22.8. The zero-order chi connectivity index (χ0) is 28.3. The van der Waals surface area contributed by atoms with Crippen LogP contribution in [0, 0.1) is 17.8 Å². The number of aliphatic hydroxyl groups excluding tert-OH is 1. The van der Waals surface area contributed by atoms with Gasteiger partial charge in [0.05, 0.1) is 35.8 Å². The number of anilines is 1. The summed E-state index contributed by atoms with van der Waals surface area (Å²) in [5.41, 5.74) is 0.648. The maximum absolute atomic E-state index is 14.5. The van der Waals surface area contributed by atoms with Gasteiger partial charge >= 0.3 is 5.97 Å². The summed E-state index contributed by atoms with van der Waals surface area (Å²) in [4.78, 5) is 45.4. The Morgan fingerprint density at radius 2 is 1.97 bits per heavy atom. The van der Waals surface area contributed by atoms with Crippen LogP contribution in [-0.2, 0) is 19.1 Å². The molecule has 3 aliphatic heterocycles. The van der Waals surface area contributed by atoms with Gasteiger partial charge in [0.1, 0.15) is 6.04 Å². The third kappa shape index (κ3) is 5.40. The smallest absolute Gasteiger partial charge is 0.310 e. The number of nitrogens with zero attached hydrogens (tertiary/aromatic N) is 2. The number of aliphatic hydroxyl groups is 1. The van der Waals surface area contributed by atoms with Crippen molar-refractivity contribution in [3.63, 3.8) is 0 Å². The van der Waals surface area contributed by atoms with E-state index >= 15 is 0 Å². The Morgan fingerprint density at radius 3 is 2.59 bits per heavy atom. The van der Waals surface area contributed by atoms with Gasteiger partial charge in [0.2, 0.25) is 5.91 Å². The van der Waals surface area contributed by atoms with Crippen molar-refractivity contribution in [1.82, 2.24) is 4.90 Å². The van der Waals surface area contributed by atoms with Gasteiger partial charge in [-0.2, -0.15) is 0 Å². The molecule has 1 spiro atoms. The van der Waals surface area contributed by atoms with Crippen LogP contribution in [0.3, 0.4) is 0 Å². The van der Waals surface area contributed by atoms with Gasteiger partial charge in [0.15, 0.2) is 0 Å². The van der Waals surface area contributed by atoms with Gasteiger partial charge in [-0.05, 0) is 62.3 Å². The monoisotopic (exact) mass is 574 g/mol. The molecule has 9 heteroatoms. The van der Waals surface area contributed by atoms with Crippen LogP contribution in [0.2, 0.25) is 5.02 Å². The normalized spacial score (nSPS) is 27.9. The number of ether oxygens (including phenoxy) is 1. The van der Waals surface area contributed by atoms with Crippen molar-refractivity contribution in [2.45, 2.75) is 68.0 Å². The SMILES string of the molecule is C=CCCCCOC(=O)[C@@H]1[C@@H]2CCC3(S2)C(C(=O)N(CC=C)c2ccc(Cl)cc2)N([C@@H](CO)C(C)C)C(=O)[C@H]13. The Labute approximate surface area is 240 Å². The van der Waals surface area contributed by atoms with Gasteiger partial charge in [-0.15, -0.1) is 24.9 Å². The van der Waals surface area contributed by atoms with Gasteiger partial charge in [-0.25, -0.2) is 0 Å². The molecule has 2 bridgehead atoms. The number of hydrogen-bond acceptors (Lipinski definition) is 6. The van der Waals surface area contributed by atoms with E-state index in [9.17, 15) is 19.5 Å². The quantitative estimate of drug-likeness (QED) is 0.205. The molecule has 1 aromatic carbocycles. The van der Waals surface area contributed by atoms with Crippen molar-refractivity contribution in [2.24, 2.45) is 17.8 Å². The van der Waals surface area contributed by atoms with E-state index in [1.165, 1.54) is 0 Å². The minimum absolute atomic E-state index is 0.0768. The van der Waals surface area contributed by atoms with Gasteiger partial charge in [0, 0.05) is 22.5 Å². The van der Waals surface area contributed by atoms with Gasteiger partial charge < -0.3 is 19.6 Å². The summed E-state index contributed by atoms with van der Waals surface area (Å²) >= 11 is 7.71. The van der Waals surface area contributed by atoms with Crippen LogP contribution in [0.15, 0.2) is 49.6 Å². The van der Waals surface area contributed by atoms with E-state index < -0.39 is 28.7 Å². The van der Waals surface area contributed by atoms with Gasteiger partial charge in [-0.3, -0.25) is 14.4 Å². The summed E-state index contributed by atoms with van der Waals surface area (Å²) < 4.78 is 4.92. The van der Waals surface area contributed by atoms with E-state index in [1.54, 1.807) is 51.9 Å². The van der Waals surface area contributed by atoms with Crippen LogP contribution in [0.5, 0.6) is 0 Å². The summed E-state index contributed by atoms with van der Waals surface area (Å²) in [6.45, 7) is 11.7. The van der Waals surface area contributed by atoms with Crippen molar-refractivity contribution in [3.05, 3.63) is 54.6 Å². The Morgan fingerprint density at radius 1 is 1.26 bits per heavy atom. The highest BCUT2D eigenvalue weighted by Gasteiger charge is 2.75. The lowest BCUT2D eigenvalue weighted by Crippen LogP contribution is -2.58. The lowest BCUT2D eigenvalue weighted by atomic mass is 9.71. The van der Waals surface area contributed by atoms with Crippen molar-refractivity contribution in [2.75, 3.05) is 24.7 Å². The van der Waals surface area contributed by atoms with Crippen LogP contribution in [0.25, 0.3) is 0 Å². The van der Waals surface area contributed by atoms with E-state index in [2.05, 4.69) is 13.2 Å². The highest BCUT2D eigenvalue weighted by Crippen LogP contribution is 2.67. The molecule has 1 N–H and O–H groups in total. The van der Waals surface area contributed by atoms with Crippen LogP contribution < -0.4 is 4.90 Å². The molecule has 3 heterocycles. The van der Waals surface area contributed by atoms with E-state index in [-0.39, 0.29) is 42.1 Å². The molecule has 3 saturated heterocycles. The molecule has 6 atom stereocenters. The molecule has 0 saturated carbocycles. The fourth-order valence-electron chi connectivity index (χ4n) is 6.50. The Balaban J connectivity index is 1.71. The fraction of sp³-hybridized carbons (Fsp3) is 0.567. The third-order valence-electron chi connectivity index (χ3n) is 8.32. The van der Waals surface area contributed by atoms with E-state index in [4.69, 9.17) is 16.3 Å². The number of carbonyl (C=O) groups is 3. The van der Waals surface area contributed by atoms with Gasteiger partial charge in [0.25, 0.3) is 5.91 Å². The number of fused-ring (bicyclic) bond motifs is 1. The van der Waals surface area contributed by atoms with E-state index in [0.29, 0.717) is 23.7 Å². The first-order valence-electron chi connectivity index (χ1n) is 13.8. The Hall–Kier alpha value is -2.29. The number of hydrogen-bond donors (Lipinski definition) is 1. The Bertz CT molecular complexity index is 1100. The summed E-state index contributed by atoms with van der Waals surface area (Å²) in [6.07, 6.45) is 7.34. The standard InChI is InChI=1S/C30H39ClN2O5S/c1-5-7-8-9-17-38-29(37)24-23-14-15-30(39-23)25(24)27(35)33(22(18-34)19(3)4)26(30)28(36)32(16-6-2)21-12-10-20(31)11-13-21/h5-6,10-13,19,22-26,34H,1-2,7-9,14-18H2,3-4H3/t22-,23-,24+,25-,26?,30?/m0/s1. The number of allylic oxidation sites excluding steroid dienone is 1. The second-order valence-electron chi connectivity index (χ2n) is 11.0. The summed E-state index contributed by atoms with van der Waals surface area (Å²) in [7, 11) is 0. The minimum atomic E-state index is -0.828. The van der Waals surface area contributed by atoms with Crippen molar-refractivity contribution < 1.29 is 24.2 Å². The maximum atomic E-state index is 14.5.